The number of ketones is 1. The number of carbonyl (C=O) groups excluding carboxylic acids is 2. The number of likely N-dealkylation sites (N-methyl/N-ethyl adjacent to an activating group) is 1. The highest BCUT2D eigenvalue weighted by Crippen LogP contribution is 2.37. The molecule has 0 spiro atoms. The lowest BCUT2D eigenvalue weighted by atomic mass is 10.0. The molecular formula is C21H22N2O4. The highest BCUT2D eigenvalue weighted by molar-refractivity contribution is 6.14. The van der Waals surface area contributed by atoms with Crippen molar-refractivity contribution in [2.75, 3.05) is 27.2 Å². The maximum absolute atomic E-state index is 12.8. The summed E-state index contributed by atoms with van der Waals surface area (Å²) in [6, 6.07) is 12.0. The summed E-state index contributed by atoms with van der Waals surface area (Å²) < 4.78 is 5.47. The number of allylic oxidation sites excluding steroid dienone is 1. The van der Waals surface area contributed by atoms with Crippen LogP contribution in [-0.4, -0.2) is 53.8 Å². The summed E-state index contributed by atoms with van der Waals surface area (Å²) in [5, 5.41) is 10.4. The van der Waals surface area contributed by atoms with Crippen LogP contribution < -0.4 is 0 Å². The minimum atomic E-state index is -0.736. The zero-order valence-corrected chi connectivity index (χ0v) is 15.3. The van der Waals surface area contributed by atoms with Gasteiger partial charge in [0.15, 0.2) is 11.5 Å². The van der Waals surface area contributed by atoms with Crippen molar-refractivity contribution in [1.29, 1.82) is 0 Å². The van der Waals surface area contributed by atoms with Crippen molar-refractivity contribution in [1.82, 2.24) is 9.80 Å². The van der Waals surface area contributed by atoms with Gasteiger partial charge < -0.3 is 19.3 Å². The summed E-state index contributed by atoms with van der Waals surface area (Å²) >= 11 is 0. The molecule has 0 saturated carbocycles. The van der Waals surface area contributed by atoms with E-state index < -0.39 is 23.5 Å². The largest absolute Gasteiger partial charge is 0.503 e. The zero-order valence-electron chi connectivity index (χ0n) is 15.3. The van der Waals surface area contributed by atoms with Gasteiger partial charge >= 0.3 is 0 Å². The number of hydrogen-bond acceptors (Lipinski definition) is 5. The predicted molar refractivity (Wildman–Crippen MR) is 102 cm³/mol. The Hall–Kier alpha value is -3.12. The van der Waals surface area contributed by atoms with E-state index in [1.54, 1.807) is 18.2 Å². The fraction of sp³-hybridized carbons (Fsp3) is 0.238. The van der Waals surface area contributed by atoms with Crippen molar-refractivity contribution in [3.05, 3.63) is 77.5 Å². The van der Waals surface area contributed by atoms with E-state index in [-0.39, 0.29) is 5.57 Å². The first kappa shape index (κ1) is 18.7. The van der Waals surface area contributed by atoms with E-state index in [0.29, 0.717) is 18.8 Å². The molecule has 1 aliphatic heterocycles. The van der Waals surface area contributed by atoms with Crippen LogP contribution in [0.3, 0.4) is 0 Å². The summed E-state index contributed by atoms with van der Waals surface area (Å²) in [5.41, 5.74) is 0.898. The fourth-order valence-corrected chi connectivity index (χ4v) is 3.01. The first-order valence-electron chi connectivity index (χ1n) is 8.68. The second kappa shape index (κ2) is 8.05. The molecule has 1 amide bonds. The minimum Gasteiger partial charge on any atom is -0.503 e. The number of aliphatic hydroxyl groups excluding tert-OH is 1. The van der Waals surface area contributed by atoms with E-state index in [9.17, 15) is 14.7 Å². The number of hydrogen-bond donors (Lipinski definition) is 1. The van der Waals surface area contributed by atoms with E-state index in [1.807, 2.05) is 49.3 Å². The maximum Gasteiger partial charge on any atom is 0.290 e. The van der Waals surface area contributed by atoms with Crippen LogP contribution in [0, 0.1) is 0 Å². The molecule has 3 rings (SSSR count). The smallest absolute Gasteiger partial charge is 0.290 e. The molecule has 0 aliphatic carbocycles. The lowest BCUT2D eigenvalue weighted by Gasteiger charge is -2.25. The minimum absolute atomic E-state index is 0.0425. The summed E-state index contributed by atoms with van der Waals surface area (Å²) in [6.45, 7) is 0.956. The maximum atomic E-state index is 12.8. The molecule has 1 aliphatic rings. The van der Waals surface area contributed by atoms with Crippen molar-refractivity contribution in [2.24, 2.45) is 0 Å². The Labute approximate surface area is 158 Å². The highest BCUT2D eigenvalue weighted by Gasteiger charge is 2.44. The van der Waals surface area contributed by atoms with E-state index in [0.717, 1.165) is 5.56 Å². The number of amides is 1. The van der Waals surface area contributed by atoms with E-state index >= 15 is 0 Å². The molecule has 1 aromatic heterocycles. The number of rotatable bonds is 7. The van der Waals surface area contributed by atoms with Crippen molar-refractivity contribution in [3.63, 3.8) is 0 Å². The Bertz CT molecular complexity index is 867. The number of aliphatic hydroxyl groups is 1. The molecule has 2 heterocycles. The van der Waals surface area contributed by atoms with Crippen LogP contribution in [0.2, 0.25) is 0 Å². The Balaban J connectivity index is 1.92. The number of carbonyl (C=O) groups is 2. The molecule has 0 bridgehead atoms. The van der Waals surface area contributed by atoms with Gasteiger partial charge in [0.1, 0.15) is 11.8 Å². The first-order chi connectivity index (χ1) is 13.0. The molecule has 0 fully saturated rings. The van der Waals surface area contributed by atoms with Crippen molar-refractivity contribution in [3.8, 4) is 0 Å². The Morgan fingerprint density at radius 2 is 1.96 bits per heavy atom. The Morgan fingerprint density at radius 1 is 1.22 bits per heavy atom. The number of nitrogens with zero attached hydrogens (tertiary/aromatic N) is 2. The molecule has 0 radical (unpaired) electrons. The molecule has 2 aromatic rings. The van der Waals surface area contributed by atoms with Gasteiger partial charge in [-0.05, 0) is 37.9 Å². The van der Waals surface area contributed by atoms with Gasteiger partial charge in [-0.25, -0.2) is 0 Å². The fourth-order valence-electron chi connectivity index (χ4n) is 3.01. The SMILES string of the molecule is CN(C)CCN1C(=O)C(O)=C(C(=O)/C=C/c2ccccc2)C1c1ccco1. The molecule has 1 N–H and O–H groups in total. The molecule has 1 aromatic carbocycles. The third kappa shape index (κ3) is 4.01. The van der Waals surface area contributed by atoms with Gasteiger partial charge in [0.25, 0.3) is 5.91 Å². The Kier molecular flexibility index (Phi) is 5.57. The average Bonchev–Trinajstić information content (AvgIpc) is 3.27. The van der Waals surface area contributed by atoms with Crippen LogP contribution in [0.15, 0.2) is 70.6 Å². The van der Waals surface area contributed by atoms with Crippen LogP contribution >= 0.6 is 0 Å². The normalized spacial score (nSPS) is 17.5. The van der Waals surface area contributed by atoms with E-state index in [1.165, 1.54) is 17.2 Å². The molecule has 6 heteroatoms. The number of furan rings is 1. The standard InChI is InChI=1S/C21H22N2O4/c1-22(2)12-13-23-19(17-9-6-14-27-17)18(20(25)21(23)26)16(24)11-10-15-7-4-3-5-8-15/h3-11,14,19,25H,12-13H2,1-2H3/b11-10+. The van der Waals surface area contributed by atoms with Crippen LogP contribution in [-0.2, 0) is 9.59 Å². The molecule has 140 valence electrons. The van der Waals surface area contributed by atoms with Crippen molar-refractivity contribution < 1.29 is 19.1 Å². The van der Waals surface area contributed by atoms with E-state index in [4.69, 9.17) is 4.42 Å². The van der Waals surface area contributed by atoms with Crippen LogP contribution in [0.1, 0.15) is 17.4 Å². The van der Waals surface area contributed by atoms with Crippen LogP contribution in [0.4, 0.5) is 0 Å². The second-order valence-electron chi connectivity index (χ2n) is 6.59. The van der Waals surface area contributed by atoms with Crippen LogP contribution in [0.25, 0.3) is 6.08 Å². The van der Waals surface area contributed by atoms with Gasteiger partial charge in [0.2, 0.25) is 0 Å². The quantitative estimate of drug-likeness (QED) is 0.763. The predicted octanol–water partition coefficient (Wildman–Crippen LogP) is 2.82. The monoisotopic (exact) mass is 366 g/mol. The number of benzene rings is 1. The average molecular weight is 366 g/mol. The van der Waals surface area contributed by atoms with Gasteiger partial charge in [0, 0.05) is 13.1 Å². The molecule has 6 nitrogen and oxygen atoms in total. The third-order valence-corrected chi connectivity index (χ3v) is 4.40. The zero-order chi connectivity index (χ0) is 19.4. The lowest BCUT2D eigenvalue weighted by molar-refractivity contribution is -0.129. The second-order valence-corrected chi connectivity index (χ2v) is 6.59. The third-order valence-electron chi connectivity index (χ3n) is 4.40. The van der Waals surface area contributed by atoms with Crippen LogP contribution in [0.5, 0.6) is 0 Å². The summed E-state index contributed by atoms with van der Waals surface area (Å²) in [5.74, 6) is -1.05. The molecular weight excluding hydrogens is 344 g/mol. The summed E-state index contributed by atoms with van der Waals surface area (Å²) in [6.07, 6.45) is 4.52. The molecule has 27 heavy (non-hydrogen) atoms. The van der Waals surface area contributed by atoms with Crippen molar-refractivity contribution >= 4 is 17.8 Å². The van der Waals surface area contributed by atoms with Gasteiger partial charge in [0.05, 0.1) is 11.8 Å². The topological polar surface area (TPSA) is 74.0 Å². The highest BCUT2D eigenvalue weighted by atomic mass is 16.3. The Morgan fingerprint density at radius 3 is 2.59 bits per heavy atom. The van der Waals surface area contributed by atoms with Gasteiger partial charge in [-0.1, -0.05) is 36.4 Å². The summed E-state index contributed by atoms with van der Waals surface area (Å²) in [4.78, 5) is 28.8. The molecule has 1 atom stereocenters. The van der Waals surface area contributed by atoms with Crippen molar-refractivity contribution in [2.45, 2.75) is 6.04 Å². The van der Waals surface area contributed by atoms with E-state index in [2.05, 4.69) is 0 Å². The molecule has 0 saturated heterocycles. The van der Waals surface area contributed by atoms with Gasteiger partial charge in [-0.15, -0.1) is 0 Å². The van der Waals surface area contributed by atoms with Gasteiger partial charge in [-0.3, -0.25) is 9.59 Å². The summed E-state index contributed by atoms with van der Waals surface area (Å²) in [7, 11) is 3.79. The molecule has 1 unspecified atom stereocenters. The first-order valence-corrected chi connectivity index (χ1v) is 8.68. The lowest BCUT2D eigenvalue weighted by Crippen LogP contribution is -2.36. The van der Waals surface area contributed by atoms with Gasteiger partial charge in [-0.2, -0.15) is 0 Å².